The molecular formula is C14H14ClFN2. The largest absolute Gasteiger partial charge is 0.378 e. The van der Waals surface area contributed by atoms with E-state index in [1.165, 1.54) is 12.1 Å². The second-order valence-corrected chi connectivity index (χ2v) is 4.41. The molecule has 2 aromatic rings. The Balaban J connectivity index is 2.17. The van der Waals surface area contributed by atoms with E-state index in [0.29, 0.717) is 5.15 Å². The Labute approximate surface area is 111 Å². The zero-order chi connectivity index (χ0) is 13.0. The third-order valence-corrected chi connectivity index (χ3v) is 2.95. The zero-order valence-corrected chi connectivity index (χ0v) is 10.8. The van der Waals surface area contributed by atoms with Crippen LogP contribution < -0.4 is 5.32 Å². The number of benzene rings is 1. The number of hydrogen-bond acceptors (Lipinski definition) is 2. The predicted octanol–water partition coefficient (Wildman–Crippen LogP) is 4.44. The van der Waals surface area contributed by atoms with Crippen molar-refractivity contribution in [1.29, 1.82) is 0 Å². The standard InChI is InChI=1S/C14H14ClFN2/c1-2-13(10-3-5-11(16)6-4-10)18-12-7-8-17-14(15)9-12/h3-9,13H,2H2,1H3,(H,17,18). The SMILES string of the molecule is CCC(Nc1ccnc(Cl)c1)c1ccc(F)cc1. The van der Waals surface area contributed by atoms with Crippen molar-refractivity contribution in [2.24, 2.45) is 0 Å². The van der Waals surface area contributed by atoms with E-state index in [-0.39, 0.29) is 11.9 Å². The van der Waals surface area contributed by atoms with Gasteiger partial charge in [-0.15, -0.1) is 0 Å². The number of hydrogen-bond donors (Lipinski definition) is 1. The first-order valence-corrected chi connectivity index (χ1v) is 6.20. The molecule has 18 heavy (non-hydrogen) atoms. The van der Waals surface area contributed by atoms with Crippen LogP contribution in [-0.2, 0) is 0 Å². The average Bonchev–Trinajstić information content (AvgIpc) is 2.37. The molecule has 0 spiro atoms. The number of aromatic nitrogens is 1. The fourth-order valence-electron chi connectivity index (χ4n) is 1.81. The summed E-state index contributed by atoms with van der Waals surface area (Å²) in [6.07, 6.45) is 2.55. The fraction of sp³-hybridized carbons (Fsp3) is 0.214. The van der Waals surface area contributed by atoms with Gasteiger partial charge in [-0.1, -0.05) is 30.7 Å². The molecule has 0 aliphatic rings. The van der Waals surface area contributed by atoms with Crippen molar-refractivity contribution in [3.8, 4) is 0 Å². The topological polar surface area (TPSA) is 24.9 Å². The Morgan fingerprint density at radius 3 is 2.61 bits per heavy atom. The Morgan fingerprint density at radius 2 is 2.00 bits per heavy atom. The van der Waals surface area contributed by atoms with Crippen LogP contribution in [-0.4, -0.2) is 4.98 Å². The maximum Gasteiger partial charge on any atom is 0.131 e. The lowest BCUT2D eigenvalue weighted by atomic mass is 10.0. The van der Waals surface area contributed by atoms with Crippen LogP contribution >= 0.6 is 11.6 Å². The van der Waals surface area contributed by atoms with Crippen LogP contribution in [0.15, 0.2) is 42.6 Å². The minimum absolute atomic E-state index is 0.129. The summed E-state index contributed by atoms with van der Waals surface area (Å²) in [7, 11) is 0. The summed E-state index contributed by atoms with van der Waals surface area (Å²) in [5.74, 6) is -0.222. The monoisotopic (exact) mass is 264 g/mol. The highest BCUT2D eigenvalue weighted by atomic mass is 35.5. The molecule has 0 aliphatic carbocycles. The predicted molar refractivity (Wildman–Crippen MR) is 72.3 cm³/mol. The van der Waals surface area contributed by atoms with Gasteiger partial charge in [0.05, 0.1) is 6.04 Å². The van der Waals surface area contributed by atoms with Gasteiger partial charge in [-0.05, 0) is 36.2 Å². The summed E-state index contributed by atoms with van der Waals surface area (Å²) in [6, 6.07) is 10.3. The molecule has 4 heteroatoms. The van der Waals surface area contributed by atoms with E-state index in [9.17, 15) is 4.39 Å². The van der Waals surface area contributed by atoms with Gasteiger partial charge >= 0.3 is 0 Å². The molecule has 0 saturated heterocycles. The van der Waals surface area contributed by atoms with E-state index in [2.05, 4.69) is 17.2 Å². The molecule has 0 saturated carbocycles. The highest BCUT2D eigenvalue weighted by Gasteiger charge is 2.09. The van der Waals surface area contributed by atoms with Crippen LogP contribution in [0, 0.1) is 5.82 Å². The molecule has 0 bridgehead atoms. The van der Waals surface area contributed by atoms with Gasteiger partial charge in [-0.25, -0.2) is 9.37 Å². The molecule has 94 valence electrons. The van der Waals surface area contributed by atoms with E-state index in [4.69, 9.17) is 11.6 Å². The van der Waals surface area contributed by atoms with Crippen LogP contribution in [0.1, 0.15) is 24.9 Å². The molecule has 2 rings (SSSR count). The highest BCUT2D eigenvalue weighted by Crippen LogP contribution is 2.23. The molecule has 0 aliphatic heterocycles. The molecular weight excluding hydrogens is 251 g/mol. The molecule has 1 unspecified atom stereocenters. The molecule has 0 amide bonds. The number of halogens is 2. The molecule has 0 fully saturated rings. The maximum atomic E-state index is 12.9. The van der Waals surface area contributed by atoms with Crippen LogP contribution in [0.3, 0.4) is 0 Å². The first-order valence-electron chi connectivity index (χ1n) is 5.82. The summed E-state index contributed by atoms with van der Waals surface area (Å²) in [6.45, 7) is 2.07. The van der Waals surface area contributed by atoms with Crippen molar-refractivity contribution in [2.45, 2.75) is 19.4 Å². The molecule has 0 radical (unpaired) electrons. The molecule has 2 nitrogen and oxygen atoms in total. The molecule has 1 aromatic heterocycles. The van der Waals surface area contributed by atoms with E-state index < -0.39 is 0 Å². The quantitative estimate of drug-likeness (QED) is 0.826. The summed E-state index contributed by atoms with van der Waals surface area (Å²) in [4.78, 5) is 3.93. The van der Waals surface area contributed by atoms with Crippen LogP contribution in [0.2, 0.25) is 5.15 Å². The lowest BCUT2D eigenvalue weighted by Gasteiger charge is -2.18. The van der Waals surface area contributed by atoms with Crippen LogP contribution in [0.4, 0.5) is 10.1 Å². The summed E-state index contributed by atoms with van der Waals surface area (Å²) < 4.78 is 12.9. The molecule has 1 aromatic carbocycles. The van der Waals surface area contributed by atoms with Crippen LogP contribution in [0.5, 0.6) is 0 Å². The first-order chi connectivity index (χ1) is 8.69. The van der Waals surface area contributed by atoms with Crippen molar-refractivity contribution in [3.63, 3.8) is 0 Å². The maximum absolute atomic E-state index is 12.9. The van der Waals surface area contributed by atoms with E-state index in [0.717, 1.165) is 17.7 Å². The summed E-state index contributed by atoms with van der Waals surface area (Å²) in [5.41, 5.74) is 1.96. The van der Waals surface area contributed by atoms with Gasteiger partial charge in [0.2, 0.25) is 0 Å². The highest BCUT2D eigenvalue weighted by molar-refractivity contribution is 6.29. The van der Waals surface area contributed by atoms with Gasteiger partial charge < -0.3 is 5.32 Å². The number of pyridine rings is 1. The number of anilines is 1. The molecule has 1 N–H and O–H groups in total. The third-order valence-electron chi connectivity index (χ3n) is 2.75. The lowest BCUT2D eigenvalue weighted by Crippen LogP contribution is -2.09. The first kappa shape index (κ1) is 12.8. The lowest BCUT2D eigenvalue weighted by molar-refractivity contribution is 0.625. The van der Waals surface area contributed by atoms with Crippen molar-refractivity contribution in [2.75, 3.05) is 5.32 Å². The summed E-state index contributed by atoms with van der Waals surface area (Å²) in [5, 5.41) is 3.81. The Morgan fingerprint density at radius 1 is 1.28 bits per heavy atom. The summed E-state index contributed by atoms with van der Waals surface area (Å²) >= 11 is 5.84. The second-order valence-electron chi connectivity index (χ2n) is 4.02. The second kappa shape index (κ2) is 5.83. The van der Waals surface area contributed by atoms with Crippen molar-refractivity contribution < 1.29 is 4.39 Å². The normalized spacial score (nSPS) is 12.2. The molecule has 1 heterocycles. The molecule has 1 atom stereocenters. The minimum atomic E-state index is -0.222. The minimum Gasteiger partial charge on any atom is -0.378 e. The number of nitrogens with zero attached hydrogens (tertiary/aromatic N) is 1. The van der Waals surface area contributed by atoms with Crippen LogP contribution in [0.25, 0.3) is 0 Å². The number of nitrogens with one attached hydrogen (secondary N) is 1. The van der Waals surface area contributed by atoms with E-state index in [1.54, 1.807) is 24.4 Å². The number of rotatable bonds is 4. The smallest absolute Gasteiger partial charge is 0.131 e. The van der Waals surface area contributed by atoms with E-state index in [1.807, 2.05) is 6.07 Å². The Hall–Kier alpha value is -1.61. The van der Waals surface area contributed by atoms with Gasteiger partial charge in [0, 0.05) is 11.9 Å². The Bertz CT molecular complexity index is 513. The van der Waals surface area contributed by atoms with Gasteiger partial charge in [-0.2, -0.15) is 0 Å². The van der Waals surface area contributed by atoms with E-state index >= 15 is 0 Å². The Kier molecular flexibility index (Phi) is 4.15. The van der Waals surface area contributed by atoms with Gasteiger partial charge in [0.25, 0.3) is 0 Å². The van der Waals surface area contributed by atoms with Gasteiger partial charge in [0.15, 0.2) is 0 Å². The fourth-order valence-corrected chi connectivity index (χ4v) is 1.98. The van der Waals surface area contributed by atoms with Gasteiger partial charge in [0.1, 0.15) is 11.0 Å². The zero-order valence-electron chi connectivity index (χ0n) is 10.0. The van der Waals surface area contributed by atoms with Crippen molar-refractivity contribution in [3.05, 3.63) is 59.1 Å². The third kappa shape index (κ3) is 3.20. The average molecular weight is 265 g/mol. The van der Waals surface area contributed by atoms with Crippen molar-refractivity contribution >= 4 is 17.3 Å². The van der Waals surface area contributed by atoms with Gasteiger partial charge in [-0.3, -0.25) is 0 Å². The van der Waals surface area contributed by atoms with Crippen molar-refractivity contribution in [1.82, 2.24) is 4.98 Å².